The number of imidazole rings is 1. The Morgan fingerprint density at radius 2 is 2.17 bits per heavy atom. The quantitative estimate of drug-likeness (QED) is 0.804. The molecule has 24 heavy (non-hydrogen) atoms. The standard InChI is InChI=1S/C18H24N6/c1-12-8-13(2)24-18(22-12)16(11-21-24)17-20-6-7-23(17)15-5-3-4-14(9-15)10-19/h6-8,11,14-15H,3-5,9-10,19H2,1-2H3/t14-,15+/m0/s1. The highest BCUT2D eigenvalue weighted by molar-refractivity contribution is 5.72. The monoisotopic (exact) mass is 324 g/mol. The van der Waals surface area contributed by atoms with Gasteiger partial charge < -0.3 is 10.3 Å². The average molecular weight is 324 g/mol. The van der Waals surface area contributed by atoms with Crippen LogP contribution in [0.5, 0.6) is 0 Å². The molecule has 0 aromatic carbocycles. The first-order valence-corrected chi connectivity index (χ1v) is 8.72. The van der Waals surface area contributed by atoms with Crippen molar-refractivity contribution in [2.75, 3.05) is 6.54 Å². The van der Waals surface area contributed by atoms with Crippen LogP contribution in [-0.4, -0.2) is 30.7 Å². The van der Waals surface area contributed by atoms with Crippen molar-refractivity contribution in [1.29, 1.82) is 0 Å². The number of aromatic nitrogens is 5. The van der Waals surface area contributed by atoms with Crippen molar-refractivity contribution in [1.82, 2.24) is 24.1 Å². The Bertz CT molecular complexity index is 862. The average Bonchev–Trinajstić information content (AvgIpc) is 3.21. The molecule has 3 heterocycles. The fourth-order valence-electron chi connectivity index (χ4n) is 3.97. The van der Waals surface area contributed by atoms with Crippen LogP contribution in [0.15, 0.2) is 24.7 Å². The molecule has 0 saturated heterocycles. The summed E-state index contributed by atoms with van der Waals surface area (Å²) < 4.78 is 4.20. The Morgan fingerprint density at radius 1 is 1.29 bits per heavy atom. The van der Waals surface area contributed by atoms with Gasteiger partial charge in [-0.05, 0) is 51.6 Å². The summed E-state index contributed by atoms with van der Waals surface area (Å²) in [4.78, 5) is 9.33. The van der Waals surface area contributed by atoms with Gasteiger partial charge in [-0.15, -0.1) is 0 Å². The normalized spacial score (nSPS) is 21.5. The molecule has 0 amide bonds. The van der Waals surface area contributed by atoms with Gasteiger partial charge in [-0.3, -0.25) is 0 Å². The highest BCUT2D eigenvalue weighted by Crippen LogP contribution is 2.35. The van der Waals surface area contributed by atoms with Gasteiger partial charge in [0.1, 0.15) is 5.82 Å². The lowest BCUT2D eigenvalue weighted by atomic mass is 9.85. The van der Waals surface area contributed by atoms with E-state index >= 15 is 0 Å². The van der Waals surface area contributed by atoms with Crippen molar-refractivity contribution in [3.63, 3.8) is 0 Å². The zero-order valence-electron chi connectivity index (χ0n) is 14.3. The lowest BCUT2D eigenvalue weighted by Crippen LogP contribution is -2.24. The van der Waals surface area contributed by atoms with Gasteiger partial charge in [-0.2, -0.15) is 5.10 Å². The minimum Gasteiger partial charge on any atom is -0.330 e. The summed E-state index contributed by atoms with van der Waals surface area (Å²) >= 11 is 0. The lowest BCUT2D eigenvalue weighted by molar-refractivity contribution is 0.273. The third-order valence-electron chi connectivity index (χ3n) is 5.17. The van der Waals surface area contributed by atoms with Gasteiger partial charge in [0.2, 0.25) is 0 Å². The molecule has 3 aromatic rings. The highest BCUT2D eigenvalue weighted by atomic mass is 15.3. The van der Waals surface area contributed by atoms with E-state index in [0.29, 0.717) is 12.0 Å². The fraction of sp³-hybridized carbons (Fsp3) is 0.500. The molecule has 3 aromatic heterocycles. The van der Waals surface area contributed by atoms with Crippen LogP contribution in [0.3, 0.4) is 0 Å². The van der Waals surface area contributed by atoms with E-state index in [1.54, 1.807) is 0 Å². The molecular formula is C18H24N6. The molecule has 1 aliphatic carbocycles. The molecule has 1 aliphatic rings. The first-order valence-electron chi connectivity index (χ1n) is 8.72. The van der Waals surface area contributed by atoms with Gasteiger partial charge in [0.15, 0.2) is 5.65 Å². The molecule has 0 aliphatic heterocycles. The van der Waals surface area contributed by atoms with E-state index in [4.69, 9.17) is 10.7 Å². The maximum absolute atomic E-state index is 5.91. The Hall–Kier alpha value is -2.21. The molecule has 1 fully saturated rings. The van der Waals surface area contributed by atoms with Crippen molar-refractivity contribution < 1.29 is 0 Å². The smallest absolute Gasteiger partial charge is 0.166 e. The summed E-state index contributed by atoms with van der Waals surface area (Å²) in [6.45, 7) is 4.85. The van der Waals surface area contributed by atoms with Crippen molar-refractivity contribution in [3.8, 4) is 11.4 Å². The molecule has 4 rings (SSSR count). The predicted molar refractivity (Wildman–Crippen MR) is 93.7 cm³/mol. The van der Waals surface area contributed by atoms with Crippen LogP contribution in [0, 0.1) is 19.8 Å². The zero-order chi connectivity index (χ0) is 16.7. The SMILES string of the molecule is Cc1cc(C)n2ncc(-c3nccn3[C@@H]3CCC[C@H](CN)C3)c2n1. The number of nitrogens with zero attached hydrogens (tertiary/aromatic N) is 5. The zero-order valence-corrected chi connectivity index (χ0v) is 14.3. The molecule has 0 spiro atoms. The van der Waals surface area contributed by atoms with E-state index in [-0.39, 0.29) is 0 Å². The van der Waals surface area contributed by atoms with Crippen molar-refractivity contribution in [2.24, 2.45) is 11.7 Å². The van der Waals surface area contributed by atoms with E-state index in [0.717, 1.165) is 41.4 Å². The van der Waals surface area contributed by atoms with E-state index < -0.39 is 0 Å². The summed E-state index contributed by atoms with van der Waals surface area (Å²) in [6, 6.07) is 2.51. The molecule has 126 valence electrons. The Kier molecular flexibility index (Phi) is 3.84. The summed E-state index contributed by atoms with van der Waals surface area (Å²) in [7, 11) is 0. The van der Waals surface area contributed by atoms with Crippen molar-refractivity contribution >= 4 is 5.65 Å². The Labute approximate surface area is 141 Å². The molecule has 2 atom stereocenters. The summed E-state index contributed by atoms with van der Waals surface area (Å²) in [5, 5.41) is 4.51. The van der Waals surface area contributed by atoms with E-state index in [1.165, 1.54) is 19.3 Å². The number of rotatable bonds is 3. The van der Waals surface area contributed by atoms with Crippen LogP contribution in [0.2, 0.25) is 0 Å². The van der Waals surface area contributed by atoms with Crippen LogP contribution < -0.4 is 5.73 Å². The van der Waals surface area contributed by atoms with Gasteiger partial charge in [-0.25, -0.2) is 14.5 Å². The first-order chi connectivity index (χ1) is 11.7. The molecular weight excluding hydrogens is 300 g/mol. The van der Waals surface area contributed by atoms with Crippen LogP contribution in [0.25, 0.3) is 17.0 Å². The molecule has 0 unspecified atom stereocenters. The Morgan fingerprint density at radius 3 is 3.00 bits per heavy atom. The van der Waals surface area contributed by atoms with Crippen LogP contribution >= 0.6 is 0 Å². The minimum absolute atomic E-state index is 0.464. The van der Waals surface area contributed by atoms with Gasteiger partial charge >= 0.3 is 0 Å². The highest BCUT2D eigenvalue weighted by Gasteiger charge is 2.25. The van der Waals surface area contributed by atoms with Gasteiger partial charge in [0.25, 0.3) is 0 Å². The third kappa shape index (κ3) is 2.51. The van der Waals surface area contributed by atoms with Crippen LogP contribution in [0.4, 0.5) is 0 Å². The first kappa shape index (κ1) is 15.3. The molecule has 0 radical (unpaired) electrons. The topological polar surface area (TPSA) is 74.0 Å². The minimum atomic E-state index is 0.464. The van der Waals surface area contributed by atoms with Crippen molar-refractivity contribution in [2.45, 2.75) is 45.6 Å². The second kappa shape index (κ2) is 6.02. The van der Waals surface area contributed by atoms with Gasteiger partial charge in [0, 0.05) is 29.8 Å². The van der Waals surface area contributed by atoms with Gasteiger partial charge in [0.05, 0.1) is 11.8 Å². The summed E-state index contributed by atoms with van der Waals surface area (Å²) in [5.41, 5.74) is 9.88. The van der Waals surface area contributed by atoms with Crippen LogP contribution in [-0.2, 0) is 0 Å². The second-order valence-electron chi connectivity index (χ2n) is 6.91. The van der Waals surface area contributed by atoms with Crippen molar-refractivity contribution in [3.05, 3.63) is 36.0 Å². The predicted octanol–water partition coefficient (Wildman–Crippen LogP) is 2.90. The summed E-state index contributed by atoms with van der Waals surface area (Å²) in [5.74, 6) is 1.58. The molecule has 0 bridgehead atoms. The van der Waals surface area contributed by atoms with E-state index in [9.17, 15) is 0 Å². The maximum atomic E-state index is 5.91. The number of hydrogen-bond acceptors (Lipinski definition) is 4. The maximum Gasteiger partial charge on any atom is 0.166 e. The molecule has 6 nitrogen and oxygen atoms in total. The Balaban J connectivity index is 1.78. The molecule has 6 heteroatoms. The fourth-order valence-corrected chi connectivity index (χ4v) is 3.97. The molecule has 2 N–H and O–H groups in total. The van der Waals surface area contributed by atoms with Gasteiger partial charge in [-0.1, -0.05) is 6.42 Å². The number of hydrogen-bond donors (Lipinski definition) is 1. The lowest BCUT2D eigenvalue weighted by Gasteiger charge is -2.30. The largest absolute Gasteiger partial charge is 0.330 e. The second-order valence-corrected chi connectivity index (χ2v) is 6.91. The molecule has 1 saturated carbocycles. The number of nitrogens with two attached hydrogens (primary N) is 1. The van der Waals surface area contributed by atoms with Crippen LogP contribution in [0.1, 0.15) is 43.1 Å². The number of aryl methyl sites for hydroxylation is 2. The van der Waals surface area contributed by atoms with E-state index in [1.807, 2.05) is 29.9 Å². The number of fused-ring (bicyclic) bond motifs is 1. The van der Waals surface area contributed by atoms with E-state index in [2.05, 4.69) is 27.8 Å². The third-order valence-corrected chi connectivity index (χ3v) is 5.17. The summed E-state index contributed by atoms with van der Waals surface area (Å²) in [6.07, 6.45) is 10.6.